The van der Waals surface area contributed by atoms with Crippen molar-refractivity contribution in [3.8, 4) is 0 Å². The SMILES string of the molecule is CCc1nc(CC)n([C@@H](C)C(=O)O)n1. The molecule has 0 spiro atoms. The van der Waals surface area contributed by atoms with Crippen LogP contribution in [0, 0.1) is 0 Å². The highest BCUT2D eigenvalue weighted by atomic mass is 16.4. The molecule has 1 heterocycles. The van der Waals surface area contributed by atoms with Crippen LogP contribution in [0.2, 0.25) is 0 Å². The molecule has 0 fully saturated rings. The van der Waals surface area contributed by atoms with Crippen molar-refractivity contribution < 1.29 is 9.90 Å². The summed E-state index contributed by atoms with van der Waals surface area (Å²) in [5, 5.41) is 13.0. The number of carbonyl (C=O) groups is 1. The second-order valence-corrected chi connectivity index (χ2v) is 3.11. The summed E-state index contributed by atoms with van der Waals surface area (Å²) < 4.78 is 1.49. The molecule has 78 valence electrons. The maximum Gasteiger partial charge on any atom is 0.328 e. The van der Waals surface area contributed by atoms with Gasteiger partial charge in [-0.3, -0.25) is 0 Å². The molecule has 0 bridgehead atoms. The van der Waals surface area contributed by atoms with Gasteiger partial charge >= 0.3 is 5.97 Å². The first-order valence-corrected chi connectivity index (χ1v) is 4.77. The first-order chi connectivity index (χ1) is 6.60. The molecule has 1 aromatic rings. The highest BCUT2D eigenvalue weighted by molar-refractivity contribution is 5.71. The van der Waals surface area contributed by atoms with E-state index in [0.29, 0.717) is 12.2 Å². The number of nitrogens with zero attached hydrogens (tertiary/aromatic N) is 3. The van der Waals surface area contributed by atoms with Crippen LogP contribution in [0.25, 0.3) is 0 Å². The quantitative estimate of drug-likeness (QED) is 0.783. The molecule has 0 saturated heterocycles. The summed E-state index contributed by atoms with van der Waals surface area (Å²) in [6.45, 7) is 5.49. The molecule has 0 aliphatic rings. The lowest BCUT2D eigenvalue weighted by Gasteiger charge is -2.08. The van der Waals surface area contributed by atoms with Crippen molar-refractivity contribution in [1.29, 1.82) is 0 Å². The van der Waals surface area contributed by atoms with Crippen molar-refractivity contribution in [2.24, 2.45) is 0 Å². The molecule has 1 N–H and O–H groups in total. The van der Waals surface area contributed by atoms with Crippen molar-refractivity contribution in [3.63, 3.8) is 0 Å². The predicted molar refractivity (Wildman–Crippen MR) is 51.1 cm³/mol. The molecule has 0 aliphatic heterocycles. The molecule has 1 aromatic heterocycles. The Hall–Kier alpha value is -1.39. The van der Waals surface area contributed by atoms with Gasteiger partial charge in [0.1, 0.15) is 11.9 Å². The zero-order valence-electron chi connectivity index (χ0n) is 8.69. The molecule has 14 heavy (non-hydrogen) atoms. The maximum atomic E-state index is 10.8. The van der Waals surface area contributed by atoms with E-state index < -0.39 is 12.0 Å². The number of carboxylic acid groups (broad SMARTS) is 1. The smallest absolute Gasteiger partial charge is 0.328 e. The Morgan fingerprint density at radius 2 is 2.14 bits per heavy atom. The third kappa shape index (κ3) is 1.92. The lowest BCUT2D eigenvalue weighted by molar-refractivity contribution is -0.140. The summed E-state index contributed by atoms with van der Waals surface area (Å²) in [7, 11) is 0. The average molecular weight is 197 g/mol. The third-order valence-corrected chi connectivity index (χ3v) is 2.10. The van der Waals surface area contributed by atoms with Crippen LogP contribution in [-0.2, 0) is 17.6 Å². The van der Waals surface area contributed by atoms with Gasteiger partial charge in [-0.05, 0) is 6.92 Å². The fraction of sp³-hybridized carbons (Fsp3) is 0.667. The first kappa shape index (κ1) is 10.7. The zero-order chi connectivity index (χ0) is 10.7. The van der Waals surface area contributed by atoms with Gasteiger partial charge < -0.3 is 5.11 Å². The van der Waals surface area contributed by atoms with Crippen LogP contribution in [0.15, 0.2) is 0 Å². The van der Waals surface area contributed by atoms with Crippen molar-refractivity contribution in [2.75, 3.05) is 0 Å². The largest absolute Gasteiger partial charge is 0.480 e. The van der Waals surface area contributed by atoms with Gasteiger partial charge in [0.2, 0.25) is 0 Å². The lowest BCUT2D eigenvalue weighted by atomic mass is 10.3. The van der Waals surface area contributed by atoms with E-state index in [4.69, 9.17) is 5.11 Å². The summed E-state index contributed by atoms with van der Waals surface area (Å²) >= 11 is 0. The van der Waals surface area contributed by atoms with E-state index in [2.05, 4.69) is 10.1 Å². The Kier molecular flexibility index (Phi) is 3.22. The summed E-state index contributed by atoms with van der Waals surface area (Å²) in [5.41, 5.74) is 0. The molecule has 5 heteroatoms. The zero-order valence-corrected chi connectivity index (χ0v) is 8.69. The molecule has 1 rings (SSSR count). The number of aromatic nitrogens is 3. The van der Waals surface area contributed by atoms with Gasteiger partial charge in [-0.2, -0.15) is 5.10 Å². The van der Waals surface area contributed by atoms with E-state index in [-0.39, 0.29) is 0 Å². The van der Waals surface area contributed by atoms with Crippen LogP contribution < -0.4 is 0 Å². The minimum Gasteiger partial charge on any atom is -0.480 e. The standard InChI is InChI=1S/C9H15N3O2/c1-4-7-10-8(5-2)12(11-7)6(3)9(13)14/h6H,4-5H2,1-3H3,(H,13,14)/t6-/m0/s1. The molecule has 0 saturated carbocycles. The molecule has 0 aromatic carbocycles. The third-order valence-electron chi connectivity index (χ3n) is 2.10. The fourth-order valence-electron chi connectivity index (χ4n) is 1.21. The Morgan fingerprint density at radius 3 is 2.57 bits per heavy atom. The van der Waals surface area contributed by atoms with Crippen molar-refractivity contribution in [3.05, 3.63) is 11.6 Å². The topological polar surface area (TPSA) is 68.0 Å². The second kappa shape index (κ2) is 4.21. The van der Waals surface area contributed by atoms with E-state index in [9.17, 15) is 4.79 Å². The number of aryl methyl sites for hydroxylation is 2. The summed E-state index contributed by atoms with van der Waals surface area (Å²) in [5.74, 6) is 0.555. The van der Waals surface area contributed by atoms with E-state index in [1.54, 1.807) is 6.92 Å². The van der Waals surface area contributed by atoms with Gasteiger partial charge in [-0.25, -0.2) is 14.5 Å². The molecule has 5 nitrogen and oxygen atoms in total. The van der Waals surface area contributed by atoms with Gasteiger partial charge in [-0.15, -0.1) is 0 Å². The Labute approximate surface area is 82.8 Å². The number of carboxylic acids is 1. The summed E-state index contributed by atoms with van der Waals surface area (Å²) in [4.78, 5) is 15.0. The number of hydrogen-bond donors (Lipinski definition) is 1. The molecule has 1 atom stereocenters. The maximum absolute atomic E-state index is 10.8. The van der Waals surface area contributed by atoms with Crippen LogP contribution in [0.4, 0.5) is 0 Å². The predicted octanol–water partition coefficient (Wildman–Crippen LogP) is 1.05. The highest BCUT2D eigenvalue weighted by Crippen LogP contribution is 2.09. The molecular weight excluding hydrogens is 182 g/mol. The molecule has 0 amide bonds. The summed E-state index contributed by atoms with van der Waals surface area (Å²) in [6.07, 6.45) is 1.43. The van der Waals surface area contributed by atoms with E-state index in [1.807, 2.05) is 13.8 Å². The minimum atomic E-state index is -0.882. The molecule has 0 aliphatic carbocycles. The van der Waals surface area contributed by atoms with Crippen molar-refractivity contribution in [1.82, 2.24) is 14.8 Å². The van der Waals surface area contributed by atoms with Crippen LogP contribution in [0.1, 0.15) is 38.5 Å². The lowest BCUT2D eigenvalue weighted by Crippen LogP contribution is -2.19. The van der Waals surface area contributed by atoms with Crippen molar-refractivity contribution >= 4 is 5.97 Å². The van der Waals surface area contributed by atoms with E-state index in [1.165, 1.54) is 4.68 Å². The molecule has 0 radical (unpaired) electrons. The van der Waals surface area contributed by atoms with Gasteiger partial charge in [0, 0.05) is 12.8 Å². The normalized spacial score (nSPS) is 12.8. The number of rotatable bonds is 4. The van der Waals surface area contributed by atoms with Gasteiger partial charge in [0.15, 0.2) is 5.82 Å². The average Bonchev–Trinajstić information content (AvgIpc) is 2.59. The molecular formula is C9H15N3O2. The Balaban J connectivity index is 3.05. The first-order valence-electron chi connectivity index (χ1n) is 4.77. The van der Waals surface area contributed by atoms with Crippen LogP contribution in [0.5, 0.6) is 0 Å². The van der Waals surface area contributed by atoms with E-state index >= 15 is 0 Å². The van der Waals surface area contributed by atoms with Crippen LogP contribution in [-0.4, -0.2) is 25.8 Å². The van der Waals surface area contributed by atoms with Gasteiger partial charge in [0.25, 0.3) is 0 Å². The van der Waals surface area contributed by atoms with Crippen molar-refractivity contribution in [2.45, 2.75) is 39.7 Å². The fourth-order valence-corrected chi connectivity index (χ4v) is 1.21. The molecule has 0 unspecified atom stereocenters. The Morgan fingerprint density at radius 1 is 1.50 bits per heavy atom. The second-order valence-electron chi connectivity index (χ2n) is 3.11. The van der Waals surface area contributed by atoms with Crippen LogP contribution >= 0.6 is 0 Å². The van der Waals surface area contributed by atoms with Gasteiger partial charge in [-0.1, -0.05) is 13.8 Å². The number of hydrogen-bond acceptors (Lipinski definition) is 3. The minimum absolute atomic E-state index is 0.641. The Bertz CT molecular complexity index is 333. The van der Waals surface area contributed by atoms with E-state index in [0.717, 1.165) is 12.2 Å². The van der Waals surface area contributed by atoms with Crippen LogP contribution in [0.3, 0.4) is 0 Å². The summed E-state index contributed by atoms with van der Waals surface area (Å²) in [6, 6.07) is -0.641. The highest BCUT2D eigenvalue weighted by Gasteiger charge is 2.18. The number of aliphatic carboxylic acids is 1. The monoisotopic (exact) mass is 197 g/mol. The van der Waals surface area contributed by atoms with Gasteiger partial charge in [0.05, 0.1) is 0 Å².